The van der Waals surface area contributed by atoms with Crippen molar-refractivity contribution < 1.29 is 17.9 Å². The number of pyridine rings is 1. The van der Waals surface area contributed by atoms with Crippen LogP contribution in [0.5, 0.6) is 11.5 Å². The minimum atomic E-state index is -4.36. The average Bonchev–Trinajstić information content (AvgIpc) is 3.33. The van der Waals surface area contributed by atoms with Gasteiger partial charge in [0.1, 0.15) is 11.5 Å². The zero-order chi connectivity index (χ0) is 22.8. The van der Waals surface area contributed by atoms with Crippen LogP contribution in [0, 0.1) is 0 Å². The zero-order valence-corrected chi connectivity index (χ0v) is 17.0. The lowest BCUT2D eigenvalue weighted by Crippen LogP contribution is -2.12. The topological polar surface area (TPSA) is 76.6 Å². The monoisotopic (exact) mass is 447 g/mol. The summed E-state index contributed by atoms with van der Waals surface area (Å²) >= 11 is 0. The molecular weight excluding hydrogens is 431 g/mol. The number of aromatic amines is 1. The smallest absolute Gasteiger partial charge is 0.394 e. The molecule has 0 aliphatic heterocycles. The van der Waals surface area contributed by atoms with Gasteiger partial charge in [0.25, 0.3) is 0 Å². The first-order chi connectivity index (χ1) is 16.0. The number of rotatable bonds is 5. The molecule has 0 atom stereocenters. The number of hydrogen-bond acceptors (Lipinski definition) is 5. The summed E-state index contributed by atoms with van der Waals surface area (Å²) in [7, 11) is 0. The predicted molar refractivity (Wildman–Crippen MR) is 117 cm³/mol. The molecule has 9 heteroatoms. The number of H-pyrrole nitrogens is 1. The molecule has 0 amide bonds. The van der Waals surface area contributed by atoms with E-state index in [-0.39, 0.29) is 5.69 Å². The second-order valence-electron chi connectivity index (χ2n) is 7.33. The fourth-order valence-electron chi connectivity index (χ4n) is 3.61. The molecule has 0 saturated heterocycles. The van der Waals surface area contributed by atoms with Crippen molar-refractivity contribution in [2.45, 2.75) is 12.6 Å². The van der Waals surface area contributed by atoms with Crippen molar-refractivity contribution in [3.05, 3.63) is 84.6 Å². The number of fused-ring (bicyclic) bond motifs is 1. The Balaban J connectivity index is 1.47. The van der Waals surface area contributed by atoms with Gasteiger partial charge in [0, 0.05) is 17.0 Å². The normalized spacial score (nSPS) is 11.6. The third-order valence-corrected chi connectivity index (χ3v) is 5.02. The van der Waals surface area contributed by atoms with Crippen molar-refractivity contribution in [3.8, 4) is 34.0 Å². The Morgan fingerprint density at radius 1 is 0.848 bits per heavy atom. The van der Waals surface area contributed by atoms with Crippen LogP contribution in [-0.2, 0) is 6.42 Å². The molecule has 0 unspecified atom stereocenters. The minimum absolute atomic E-state index is 0.0955. The van der Waals surface area contributed by atoms with Gasteiger partial charge in [0.15, 0.2) is 0 Å². The molecule has 33 heavy (non-hydrogen) atoms. The molecule has 0 saturated carbocycles. The van der Waals surface area contributed by atoms with E-state index >= 15 is 0 Å². The Morgan fingerprint density at radius 3 is 2.30 bits per heavy atom. The van der Waals surface area contributed by atoms with Crippen LogP contribution in [0.4, 0.5) is 13.2 Å². The van der Waals surface area contributed by atoms with E-state index in [0.29, 0.717) is 28.2 Å². The van der Waals surface area contributed by atoms with Crippen LogP contribution in [0.15, 0.2) is 78.9 Å². The van der Waals surface area contributed by atoms with Crippen LogP contribution >= 0.6 is 0 Å². The van der Waals surface area contributed by atoms with E-state index in [9.17, 15) is 13.2 Å². The molecule has 0 radical (unpaired) electrons. The molecule has 5 rings (SSSR count). The number of nitrogens with one attached hydrogen (secondary N) is 1. The van der Waals surface area contributed by atoms with Gasteiger partial charge in [-0.05, 0) is 40.6 Å². The van der Waals surface area contributed by atoms with E-state index in [1.54, 1.807) is 36.4 Å². The van der Waals surface area contributed by atoms with Crippen molar-refractivity contribution in [2.24, 2.45) is 0 Å². The second kappa shape index (κ2) is 8.34. The molecule has 164 valence electrons. The number of ether oxygens (including phenoxy) is 1. The summed E-state index contributed by atoms with van der Waals surface area (Å²) < 4.78 is 44.8. The molecule has 2 heterocycles. The third kappa shape index (κ3) is 4.52. The van der Waals surface area contributed by atoms with Crippen LogP contribution in [-0.4, -0.2) is 31.8 Å². The average molecular weight is 447 g/mol. The van der Waals surface area contributed by atoms with E-state index in [0.717, 1.165) is 16.7 Å². The fraction of sp³-hybridized carbons (Fsp3) is 0.0833. The number of benzene rings is 3. The standard InChI is InChI=1S/C24H16F3N5O/c25-24(26,27)14-16-13-22(20-7-3-4-8-21(20)28-16)33-17-11-9-15(10-12-17)18-5-1-2-6-19(18)23-29-31-32-30-23/h1-13H,14H2,(H,29,30,31,32). The molecule has 0 aliphatic rings. The van der Waals surface area contributed by atoms with Crippen LogP contribution in [0.25, 0.3) is 33.4 Å². The lowest BCUT2D eigenvalue weighted by Gasteiger charge is -2.13. The first-order valence-corrected chi connectivity index (χ1v) is 10.0. The van der Waals surface area contributed by atoms with Gasteiger partial charge in [-0.3, -0.25) is 4.98 Å². The van der Waals surface area contributed by atoms with E-state index in [1.165, 1.54) is 6.07 Å². The van der Waals surface area contributed by atoms with Gasteiger partial charge in [0.05, 0.1) is 17.6 Å². The molecule has 0 fully saturated rings. The first-order valence-electron chi connectivity index (χ1n) is 10.0. The van der Waals surface area contributed by atoms with Gasteiger partial charge in [-0.15, -0.1) is 10.2 Å². The van der Waals surface area contributed by atoms with E-state index in [1.807, 2.05) is 36.4 Å². The number of aromatic nitrogens is 5. The summed E-state index contributed by atoms with van der Waals surface area (Å²) in [4.78, 5) is 4.13. The van der Waals surface area contributed by atoms with E-state index in [2.05, 4.69) is 25.6 Å². The Labute approximate surface area is 186 Å². The summed E-state index contributed by atoms with van der Waals surface area (Å²) in [6.45, 7) is 0. The van der Waals surface area contributed by atoms with E-state index < -0.39 is 12.6 Å². The highest BCUT2D eigenvalue weighted by molar-refractivity contribution is 5.85. The van der Waals surface area contributed by atoms with Gasteiger partial charge in [-0.25, -0.2) is 0 Å². The van der Waals surface area contributed by atoms with Crippen LogP contribution in [0.3, 0.4) is 0 Å². The maximum Gasteiger partial charge on any atom is 0.394 e. The van der Waals surface area contributed by atoms with Crippen molar-refractivity contribution in [2.75, 3.05) is 0 Å². The van der Waals surface area contributed by atoms with Crippen molar-refractivity contribution in [1.82, 2.24) is 25.6 Å². The Bertz CT molecular complexity index is 1400. The Hall–Kier alpha value is -4.27. The molecule has 5 aromatic rings. The van der Waals surface area contributed by atoms with E-state index in [4.69, 9.17) is 4.74 Å². The molecule has 1 N–H and O–H groups in total. The Kier molecular flexibility index (Phi) is 5.21. The molecule has 0 spiro atoms. The molecule has 6 nitrogen and oxygen atoms in total. The number of nitrogens with zero attached hydrogens (tertiary/aromatic N) is 4. The molecular formula is C24H16F3N5O. The fourth-order valence-corrected chi connectivity index (χ4v) is 3.61. The number of halogens is 3. The summed E-state index contributed by atoms with van der Waals surface area (Å²) in [5.41, 5.74) is 2.98. The largest absolute Gasteiger partial charge is 0.457 e. The van der Waals surface area contributed by atoms with Gasteiger partial charge in [0.2, 0.25) is 5.82 Å². The highest BCUT2D eigenvalue weighted by Gasteiger charge is 2.29. The Morgan fingerprint density at radius 2 is 1.58 bits per heavy atom. The molecule has 0 bridgehead atoms. The number of hydrogen-bond donors (Lipinski definition) is 1. The predicted octanol–water partition coefficient (Wildman–Crippen LogP) is 5.98. The van der Waals surface area contributed by atoms with Gasteiger partial charge >= 0.3 is 6.18 Å². The summed E-state index contributed by atoms with van der Waals surface area (Å²) in [6.07, 6.45) is -5.49. The highest BCUT2D eigenvalue weighted by atomic mass is 19.4. The van der Waals surface area contributed by atoms with Gasteiger partial charge in [-0.1, -0.05) is 48.5 Å². The first kappa shape index (κ1) is 20.6. The van der Waals surface area contributed by atoms with Crippen molar-refractivity contribution in [3.63, 3.8) is 0 Å². The maximum atomic E-state index is 12.9. The summed E-state index contributed by atoms with van der Waals surface area (Å²) in [5.74, 6) is 1.29. The summed E-state index contributed by atoms with van der Waals surface area (Å²) in [6, 6.07) is 23.2. The van der Waals surface area contributed by atoms with Crippen LogP contribution in [0.1, 0.15) is 5.69 Å². The molecule has 3 aromatic carbocycles. The van der Waals surface area contributed by atoms with Crippen LogP contribution < -0.4 is 4.74 Å². The van der Waals surface area contributed by atoms with Crippen molar-refractivity contribution in [1.29, 1.82) is 0 Å². The zero-order valence-electron chi connectivity index (χ0n) is 17.0. The SMILES string of the molecule is FC(F)(F)Cc1cc(Oc2ccc(-c3ccccc3-c3nn[nH]n3)cc2)c2ccccc2n1. The summed E-state index contributed by atoms with van der Waals surface area (Å²) in [5, 5.41) is 14.8. The minimum Gasteiger partial charge on any atom is -0.457 e. The second-order valence-corrected chi connectivity index (χ2v) is 7.33. The lowest BCUT2D eigenvalue weighted by molar-refractivity contribution is -0.127. The number of alkyl halides is 3. The van der Waals surface area contributed by atoms with Crippen molar-refractivity contribution >= 4 is 10.9 Å². The third-order valence-electron chi connectivity index (χ3n) is 5.02. The quantitative estimate of drug-likeness (QED) is 0.359. The molecule has 2 aromatic heterocycles. The van der Waals surface area contributed by atoms with Gasteiger partial charge < -0.3 is 4.74 Å². The molecule has 0 aliphatic carbocycles. The van der Waals surface area contributed by atoms with Gasteiger partial charge in [-0.2, -0.15) is 18.4 Å². The number of tetrazole rings is 1. The lowest BCUT2D eigenvalue weighted by atomic mass is 9.99. The highest BCUT2D eigenvalue weighted by Crippen LogP contribution is 2.34. The van der Waals surface area contributed by atoms with Crippen LogP contribution in [0.2, 0.25) is 0 Å². The number of para-hydroxylation sites is 1. The maximum absolute atomic E-state index is 12.9.